The van der Waals surface area contributed by atoms with Crippen molar-refractivity contribution in [2.75, 3.05) is 7.11 Å². The number of alkyl halides is 1. The van der Waals surface area contributed by atoms with Crippen LogP contribution in [0.3, 0.4) is 0 Å². The maximum absolute atomic E-state index is 10.6. The third kappa shape index (κ3) is 2.01. The summed E-state index contributed by atoms with van der Waals surface area (Å²) in [5.41, 5.74) is 3.14. The number of fused-ring (bicyclic) bond motifs is 5. The molecule has 3 aliphatic rings. The fourth-order valence-electron chi connectivity index (χ4n) is 5.63. The minimum Gasteiger partial charge on any atom is -0.497 e. The summed E-state index contributed by atoms with van der Waals surface area (Å²) < 4.78 is 5.39. The molecule has 0 heterocycles. The summed E-state index contributed by atoms with van der Waals surface area (Å²) in [6.07, 6.45) is 5.72. The number of aryl methyl sites for hydroxylation is 1. The molecule has 2 nitrogen and oxygen atoms in total. The molecule has 0 unspecified atom stereocenters. The van der Waals surface area contributed by atoms with Crippen molar-refractivity contribution in [2.45, 2.75) is 55.9 Å². The minimum absolute atomic E-state index is 0.110. The van der Waals surface area contributed by atoms with Gasteiger partial charge in [0, 0.05) is 4.83 Å². The molecular formula is C19H25BrO2. The van der Waals surface area contributed by atoms with E-state index in [2.05, 4.69) is 41.1 Å². The average Bonchev–Trinajstić information content (AvgIpc) is 2.77. The highest BCUT2D eigenvalue weighted by Gasteiger charge is 2.57. The molecule has 0 bridgehead atoms. The van der Waals surface area contributed by atoms with Crippen LogP contribution in [0.2, 0.25) is 0 Å². The Morgan fingerprint density at radius 3 is 2.91 bits per heavy atom. The second-order valence-electron chi connectivity index (χ2n) is 7.72. The predicted octanol–water partition coefficient (Wildman–Crippen LogP) is 4.29. The van der Waals surface area contributed by atoms with Crippen LogP contribution in [0.25, 0.3) is 0 Å². The van der Waals surface area contributed by atoms with Gasteiger partial charge >= 0.3 is 0 Å². The second-order valence-corrected chi connectivity index (χ2v) is 8.90. The van der Waals surface area contributed by atoms with Gasteiger partial charge in [0.2, 0.25) is 0 Å². The molecule has 0 radical (unpaired) electrons. The van der Waals surface area contributed by atoms with Crippen molar-refractivity contribution in [1.29, 1.82) is 0 Å². The molecule has 22 heavy (non-hydrogen) atoms. The first-order chi connectivity index (χ1) is 10.5. The lowest BCUT2D eigenvalue weighted by Crippen LogP contribution is -2.44. The summed E-state index contributed by atoms with van der Waals surface area (Å²) in [5.74, 6) is 3.05. The van der Waals surface area contributed by atoms with E-state index in [1.165, 1.54) is 18.4 Å². The Labute approximate surface area is 141 Å². The molecule has 1 aromatic rings. The van der Waals surface area contributed by atoms with Crippen LogP contribution in [0.1, 0.15) is 49.7 Å². The average molecular weight is 365 g/mol. The number of hydrogen-bond donors (Lipinski definition) is 1. The maximum Gasteiger partial charge on any atom is 0.119 e. The quantitative estimate of drug-likeness (QED) is 0.753. The van der Waals surface area contributed by atoms with Gasteiger partial charge in [0.1, 0.15) is 5.75 Å². The van der Waals surface area contributed by atoms with E-state index < -0.39 is 0 Å². The molecule has 0 aromatic heterocycles. The van der Waals surface area contributed by atoms with Gasteiger partial charge < -0.3 is 9.84 Å². The van der Waals surface area contributed by atoms with E-state index in [1.807, 2.05) is 0 Å². The lowest BCUT2D eigenvalue weighted by molar-refractivity contribution is -0.0213. The van der Waals surface area contributed by atoms with Crippen LogP contribution in [0.15, 0.2) is 18.2 Å². The van der Waals surface area contributed by atoms with E-state index in [9.17, 15) is 5.11 Å². The molecule has 0 amide bonds. The first kappa shape index (κ1) is 15.0. The number of hydrogen-bond acceptors (Lipinski definition) is 2. The van der Waals surface area contributed by atoms with Crippen molar-refractivity contribution in [3.63, 3.8) is 0 Å². The highest BCUT2D eigenvalue weighted by atomic mass is 79.9. The van der Waals surface area contributed by atoms with Crippen molar-refractivity contribution in [3.05, 3.63) is 29.3 Å². The Balaban J connectivity index is 1.69. The van der Waals surface area contributed by atoms with Gasteiger partial charge in [-0.3, -0.25) is 0 Å². The van der Waals surface area contributed by atoms with Crippen LogP contribution in [-0.4, -0.2) is 23.1 Å². The Bertz CT molecular complexity index is 587. The molecular weight excluding hydrogens is 340 g/mol. The molecule has 3 aliphatic carbocycles. The van der Waals surface area contributed by atoms with E-state index >= 15 is 0 Å². The van der Waals surface area contributed by atoms with Crippen molar-refractivity contribution in [1.82, 2.24) is 0 Å². The lowest BCUT2D eigenvalue weighted by Gasteiger charge is -2.50. The van der Waals surface area contributed by atoms with E-state index in [4.69, 9.17) is 4.74 Å². The normalized spacial score (nSPS) is 43.2. The van der Waals surface area contributed by atoms with Crippen LogP contribution >= 0.6 is 15.9 Å². The van der Waals surface area contributed by atoms with E-state index in [0.717, 1.165) is 30.9 Å². The van der Waals surface area contributed by atoms with Crippen molar-refractivity contribution in [2.24, 2.45) is 17.3 Å². The first-order valence-corrected chi connectivity index (χ1v) is 9.45. The van der Waals surface area contributed by atoms with Crippen LogP contribution < -0.4 is 4.74 Å². The van der Waals surface area contributed by atoms with Crippen LogP contribution in [0.5, 0.6) is 5.75 Å². The number of halogens is 1. The topological polar surface area (TPSA) is 29.5 Å². The van der Waals surface area contributed by atoms with Gasteiger partial charge in [-0.05, 0) is 78.5 Å². The highest BCUT2D eigenvalue weighted by Crippen LogP contribution is 2.61. The van der Waals surface area contributed by atoms with Crippen LogP contribution in [-0.2, 0) is 6.42 Å². The predicted molar refractivity (Wildman–Crippen MR) is 91.7 cm³/mol. The van der Waals surface area contributed by atoms with Gasteiger partial charge in [0.15, 0.2) is 0 Å². The van der Waals surface area contributed by atoms with Gasteiger partial charge in [0.25, 0.3) is 0 Å². The molecule has 0 saturated heterocycles. The summed E-state index contributed by atoms with van der Waals surface area (Å²) in [7, 11) is 1.75. The molecule has 1 N–H and O–H groups in total. The number of rotatable bonds is 1. The van der Waals surface area contributed by atoms with E-state index in [0.29, 0.717) is 11.8 Å². The van der Waals surface area contributed by atoms with Gasteiger partial charge in [0.05, 0.1) is 13.2 Å². The Kier molecular flexibility index (Phi) is 3.58. The number of benzene rings is 1. The van der Waals surface area contributed by atoms with Gasteiger partial charge in [-0.25, -0.2) is 0 Å². The zero-order chi connectivity index (χ0) is 15.5. The Morgan fingerprint density at radius 1 is 1.32 bits per heavy atom. The molecule has 6 atom stereocenters. The Morgan fingerprint density at radius 2 is 2.14 bits per heavy atom. The fraction of sp³-hybridized carbons (Fsp3) is 0.684. The van der Waals surface area contributed by atoms with E-state index in [-0.39, 0.29) is 16.3 Å². The van der Waals surface area contributed by atoms with Crippen LogP contribution in [0, 0.1) is 17.3 Å². The third-order valence-corrected chi connectivity index (χ3v) is 7.74. The van der Waals surface area contributed by atoms with Gasteiger partial charge in [-0.2, -0.15) is 0 Å². The summed E-state index contributed by atoms with van der Waals surface area (Å²) in [4.78, 5) is 0.276. The largest absolute Gasteiger partial charge is 0.497 e. The molecule has 0 aliphatic heterocycles. The summed E-state index contributed by atoms with van der Waals surface area (Å²) in [5, 5.41) is 10.6. The number of ether oxygens (including phenoxy) is 1. The van der Waals surface area contributed by atoms with E-state index in [1.54, 1.807) is 12.7 Å². The van der Waals surface area contributed by atoms with Crippen molar-refractivity contribution >= 4 is 15.9 Å². The van der Waals surface area contributed by atoms with Crippen molar-refractivity contribution in [3.8, 4) is 5.75 Å². The second kappa shape index (κ2) is 5.24. The molecule has 120 valence electrons. The number of aliphatic hydroxyl groups is 1. The minimum atomic E-state index is -0.185. The van der Waals surface area contributed by atoms with Crippen molar-refractivity contribution < 1.29 is 9.84 Å². The highest BCUT2D eigenvalue weighted by molar-refractivity contribution is 9.09. The maximum atomic E-state index is 10.6. The Hall–Kier alpha value is -0.540. The van der Waals surface area contributed by atoms with Gasteiger partial charge in [-0.1, -0.05) is 28.9 Å². The first-order valence-electron chi connectivity index (χ1n) is 8.53. The third-order valence-electron chi connectivity index (χ3n) is 6.87. The molecule has 2 fully saturated rings. The van der Waals surface area contributed by atoms with Gasteiger partial charge in [-0.15, -0.1) is 0 Å². The smallest absolute Gasteiger partial charge is 0.119 e. The number of methoxy groups -OCH3 is 1. The monoisotopic (exact) mass is 364 g/mol. The standard InChI is InChI=1S/C19H25BrO2/c1-19-8-7-14-13-6-4-12(22-2)9-11(13)3-5-15(14)16(19)10-17(20)18(19)21/h4,6,9,14-18,21H,3,5,7-8,10H2,1-2H3/t14-,15-,16+,17-,18-,19+/m1/s1. The van der Waals surface area contributed by atoms with Crippen LogP contribution in [0.4, 0.5) is 0 Å². The zero-order valence-electron chi connectivity index (χ0n) is 13.4. The molecule has 2 saturated carbocycles. The molecule has 1 aromatic carbocycles. The summed E-state index contributed by atoms with van der Waals surface area (Å²) in [6, 6.07) is 6.65. The SMILES string of the molecule is COc1ccc2c(c1)CC[C@@H]1[C@@H]2CC[C@]2(C)[C@H](O)[C@H](Br)C[C@@H]12. The summed E-state index contributed by atoms with van der Waals surface area (Å²) in [6.45, 7) is 2.32. The molecule has 0 spiro atoms. The summed E-state index contributed by atoms with van der Waals surface area (Å²) >= 11 is 3.73. The number of aliphatic hydroxyl groups excluding tert-OH is 1. The molecule has 3 heteroatoms. The fourth-order valence-corrected chi connectivity index (χ4v) is 6.64. The lowest BCUT2D eigenvalue weighted by atomic mass is 9.55. The zero-order valence-corrected chi connectivity index (χ0v) is 15.0. The molecule has 4 rings (SSSR count).